The van der Waals surface area contributed by atoms with Crippen LogP contribution < -0.4 is 4.74 Å². The molecule has 0 heterocycles. The molecule has 2 nitrogen and oxygen atoms in total. The summed E-state index contributed by atoms with van der Waals surface area (Å²) in [6, 6.07) is 0. The Kier molecular flexibility index (Phi) is 3.73. The zero-order chi connectivity index (χ0) is 14.2. The zero-order valence-corrected chi connectivity index (χ0v) is 9.61. The summed E-state index contributed by atoms with van der Waals surface area (Å²) in [6.07, 6.45) is 0.148. The molecular formula is C12H9F5O2. The number of halogens is 5. The van der Waals surface area contributed by atoms with Gasteiger partial charge in [-0.2, -0.15) is 8.78 Å². The fraction of sp³-hybridized carbons (Fsp3) is 0.417. The Morgan fingerprint density at radius 3 is 1.95 bits per heavy atom. The molecular weight excluding hydrogens is 271 g/mol. The maximum Gasteiger partial charge on any atom is 0.207 e. The van der Waals surface area contributed by atoms with E-state index >= 15 is 0 Å². The maximum absolute atomic E-state index is 13.3. The summed E-state index contributed by atoms with van der Waals surface area (Å²) in [4.78, 5) is 11.1. The van der Waals surface area contributed by atoms with Gasteiger partial charge in [-0.3, -0.25) is 4.79 Å². The SMILES string of the molecule is O=C1CCCC(Oc2c(F)c(F)c(F)c(F)c2F)C1. The fourth-order valence-electron chi connectivity index (χ4n) is 1.94. The number of ether oxygens (including phenoxy) is 1. The highest BCUT2D eigenvalue weighted by atomic mass is 19.2. The van der Waals surface area contributed by atoms with E-state index in [0.29, 0.717) is 19.3 Å². The number of carbonyl (C=O) groups excluding carboxylic acids is 1. The van der Waals surface area contributed by atoms with Crippen LogP contribution in [0.15, 0.2) is 0 Å². The van der Waals surface area contributed by atoms with Gasteiger partial charge in [0.2, 0.25) is 29.1 Å². The van der Waals surface area contributed by atoms with Gasteiger partial charge in [-0.25, -0.2) is 13.2 Å². The van der Waals surface area contributed by atoms with Crippen LogP contribution >= 0.6 is 0 Å². The van der Waals surface area contributed by atoms with Crippen molar-refractivity contribution in [1.29, 1.82) is 0 Å². The van der Waals surface area contributed by atoms with Gasteiger partial charge in [0, 0.05) is 12.8 Å². The predicted molar refractivity (Wildman–Crippen MR) is 54.1 cm³/mol. The molecule has 0 aromatic heterocycles. The maximum atomic E-state index is 13.3. The number of benzene rings is 1. The Bertz CT molecular complexity index is 500. The van der Waals surface area contributed by atoms with Crippen LogP contribution in [0.5, 0.6) is 5.75 Å². The fourth-order valence-corrected chi connectivity index (χ4v) is 1.94. The van der Waals surface area contributed by atoms with Gasteiger partial charge >= 0.3 is 0 Å². The summed E-state index contributed by atoms with van der Waals surface area (Å²) in [6.45, 7) is 0. The largest absolute Gasteiger partial charge is 0.484 e. The summed E-state index contributed by atoms with van der Waals surface area (Å²) in [5.41, 5.74) is 0. The first kappa shape index (κ1) is 13.8. The number of Topliss-reactive ketones (excluding diaryl/α,β-unsaturated/α-hetero) is 1. The molecule has 1 fully saturated rings. The van der Waals surface area contributed by atoms with Crippen LogP contribution in [0, 0.1) is 29.1 Å². The van der Waals surface area contributed by atoms with E-state index in [0.717, 1.165) is 0 Å². The monoisotopic (exact) mass is 280 g/mol. The third kappa shape index (κ3) is 2.54. The van der Waals surface area contributed by atoms with Gasteiger partial charge in [0.25, 0.3) is 0 Å². The number of rotatable bonds is 2. The van der Waals surface area contributed by atoms with Crippen LogP contribution in [0.25, 0.3) is 0 Å². The smallest absolute Gasteiger partial charge is 0.207 e. The highest BCUT2D eigenvalue weighted by Gasteiger charge is 2.30. The molecule has 1 saturated carbocycles. The van der Waals surface area contributed by atoms with Gasteiger partial charge in [0.1, 0.15) is 11.9 Å². The highest BCUT2D eigenvalue weighted by molar-refractivity contribution is 5.79. The highest BCUT2D eigenvalue weighted by Crippen LogP contribution is 2.31. The molecule has 0 saturated heterocycles. The van der Waals surface area contributed by atoms with Crippen molar-refractivity contribution in [3.05, 3.63) is 29.1 Å². The first-order valence-corrected chi connectivity index (χ1v) is 5.61. The van der Waals surface area contributed by atoms with E-state index in [1.165, 1.54) is 0 Å². The van der Waals surface area contributed by atoms with Gasteiger partial charge in [-0.15, -0.1) is 0 Å². The van der Waals surface area contributed by atoms with Crippen LogP contribution in [0.2, 0.25) is 0 Å². The van der Waals surface area contributed by atoms with Crippen molar-refractivity contribution in [3.8, 4) is 5.75 Å². The van der Waals surface area contributed by atoms with Crippen molar-refractivity contribution in [1.82, 2.24) is 0 Å². The van der Waals surface area contributed by atoms with E-state index in [2.05, 4.69) is 0 Å². The minimum absolute atomic E-state index is 0.0977. The van der Waals surface area contributed by atoms with E-state index in [1.54, 1.807) is 0 Å². The molecule has 1 aromatic rings. The van der Waals surface area contributed by atoms with Gasteiger partial charge in [-0.1, -0.05) is 0 Å². The van der Waals surface area contributed by atoms with Crippen LogP contribution in [-0.4, -0.2) is 11.9 Å². The van der Waals surface area contributed by atoms with E-state index in [-0.39, 0.29) is 12.2 Å². The topological polar surface area (TPSA) is 26.3 Å². The molecule has 1 unspecified atom stereocenters. The van der Waals surface area contributed by atoms with Crippen molar-refractivity contribution in [3.63, 3.8) is 0 Å². The predicted octanol–water partition coefficient (Wildman–Crippen LogP) is 3.27. The average molecular weight is 280 g/mol. The van der Waals surface area contributed by atoms with E-state index in [1.807, 2.05) is 0 Å². The lowest BCUT2D eigenvalue weighted by Gasteiger charge is -2.22. The molecule has 0 amide bonds. The number of carbonyl (C=O) groups is 1. The molecule has 0 bridgehead atoms. The first-order chi connectivity index (χ1) is 8.91. The van der Waals surface area contributed by atoms with Gasteiger partial charge in [0.05, 0.1) is 0 Å². The van der Waals surface area contributed by atoms with Crippen molar-refractivity contribution in [2.75, 3.05) is 0 Å². The summed E-state index contributed by atoms with van der Waals surface area (Å²) in [5.74, 6) is -11.9. The zero-order valence-electron chi connectivity index (χ0n) is 9.61. The molecule has 0 aliphatic heterocycles. The Labute approximate surface area is 105 Å². The summed E-state index contributed by atoms with van der Waals surface area (Å²) in [7, 11) is 0. The Hall–Kier alpha value is -1.66. The molecule has 7 heteroatoms. The number of hydrogen-bond acceptors (Lipinski definition) is 2. The minimum Gasteiger partial charge on any atom is -0.484 e. The van der Waals surface area contributed by atoms with Gasteiger partial charge < -0.3 is 4.74 Å². The van der Waals surface area contributed by atoms with Crippen LogP contribution in [0.1, 0.15) is 25.7 Å². The van der Waals surface area contributed by atoms with Crippen molar-refractivity contribution >= 4 is 5.78 Å². The Morgan fingerprint density at radius 1 is 0.895 bits per heavy atom. The lowest BCUT2D eigenvalue weighted by Crippen LogP contribution is -2.26. The van der Waals surface area contributed by atoms with Gasteiger partial charge in [0.15, 0.2) is 5.75 Å². The van der Waals surface area contributed by atoms with E-state index < -0.39 is 40.9 Å². The third-order valence-corrected chi connectivity index (χ3v) is 2.89. The second-order valence-corrected chi connectivity index (χ2v) is 4.27. The molecule has 19 heavy (non-hydrogen) atoms. The van der Waals surface area contributed by atoms with Crippen LogP contribution in [0.3, 0.4) is 0 Å². The second-order valence-electron chi connectivity index (χ2n) is 4.27. The van der Waals surface area contributed by atoms with Gasteiger partial charge in [-0.05, 0) is 12.8 Å². The Balaban J connectivity index is 2.32. The van der Waals surface area contributed by atoms with E-state index in [9.17, 15) is 26.7 Å². The van der Waals surface area contributed by atoms with Crippen molar-refractivity contribution in [2.45, 2.75) is 31.8 Å². The van der Waals surface area contributed by atoms with E-state index in [4.69, 9.17) is 4.74 Å². The first-order valence-electron chi connectivity index (χ1n) is 5.61. The molecule has 1 atom stereocenters. The second kappa shape index (κ2) is 5.14. The normalized spacial score (nSPS) is 19.6. The summed E-state index contributed by atoms with van der Waals surface area (Å²) in [5, 5.41) is 0. The molecule has 1 aliphatic carbocycles. The minimum atomic E-state index is -2.23. The average Bonchev–Trinajstić information content (AvgIpc) is 2.39. The lowest BCUT2D eigenvalue weighted by molar-refractivity contribution is -0.122. The summed E-state index contributed by atoms with van der Waals surface area (Å²) >= 11 is 0. The molecule has 1 aromatic carbocycles. The Morgan fingerprint density at radius 2 is 1.42 bits per heavy atom. The number of hydrogen-bond donors (Lipinski definition) is 0. The lowest BCUT2D eigenvalue weighted by atomic mass is 9.96. The van der Waals surface area contributed by atoms with Crippen molar-refractivity contribution < 1.29 is 31.5 Å². The molecule has 0 spiro atoms. The molecule has 0 radical (unpaired) electrons. The van der Waals surface area contributed by atoms with Crippen LogP contribution in [0.4, 0.5) is 22.0 Å². The molecule has 104 valence electrons. The quantitative estimate of drug-likeness (QED) is 0.472. The standard InChI is InChI=1S/C12H9F5O2/c13-7-8(14)10(16)12(11(17)9(7)15)19-6-3-1-2-5(18)4-6/h6H,1-4H2. The number of ketones is 1. The summed E-state index contributed by atoms with van der Waals surface area (Å²) < 4.78 is 70.1. The van der Waals surface area contributed by atoms with Crippen molar-refractivity contribution in [2.24, 2.45) is 0 Å². The van der Waals surface area contributed by atoms with Crippen LogP contribution in [-0.2, 0) is 4.79 Å². The third-order valence-electron chi connectivity index (χ3n) is 2.89. The molecule has 2 rings (SSSR count). The molecule has 0 N–H and O–H groups in total. The molecule has 1 aliphatic rings.